The van der Waals surface area contributed by atoms with Crippen LogP contribution in [0.5, 0.6) is 0 Å². The van der Waals surface area contributed by atoms with Crippen molar-refractivity contribution in [1.29, 1.82) is 0 Å². The average molecular weight is 427 g/mol. The molecule has 88 valence electrons. The topological polar surface area (TPSA) is 219 Å². The van der Waals surface area contributed by atoms with E-state index in [1.807, 2.05) is 0 Å². The predicted octanol–water partition coefficient (Wildman–Crippen LogP) is -1.49. The molecular formula is CH4BiN3O10. The molecule has 0 aromatic carbocycles. The van der Waals surface area contributed by atoms with Crippen LogP contribution in [0.2, 0.25) is 0 Å². The van der Waals surface area contributed by atoms with Crippen molar-refractivity contribution in [2.45, 2.75) is 0 Å². The molecule has 0 bridgehead atoms. The molecule has 0 fully saturated rings. The molecule has 0 aromatic rings. The summed E-state index contributed by atoms with van der Waals surface area (Å²) >= 11 is 0. The van der Waals surface area contributed by atoms with Crippen LogP contribution in [0.1, 0.15) is 0 Å². The molecule has 0 heterocycles. The molecule has 0 aliphatic carbocycles. The zero-order chi connectivity index (χ0) is 12.7. The van der Waals surface area contributed by atoms with Gasteiger partial charge in [-0.05, 0) is 0 Å². The second kappa shape index (κ2) is 29.4. The second-order valence-corrected chi connectivity index (χ2v) is 0.671. The quantitative estimate of drug-likeness (QED) is 0.268. The molecule has 0 amide bonds. The van der Waals surface area contributed by atoms with Crippen LogP contribution < -0.4 is 0 Å². The van der Waals surface area contributed by atoms with Crippen LogP contribution in [-0.2, 0) is 0 Å². The second-order valence-electron chi connectivity index (χ2n) is 0.671. The van der Waals surface area contributed by atoms with Crippen LogP contribution in [0.15, 0.2) is 0 Å². The molecule has 0 atom stereocenters. The van der Waals surface area contributed by atoms with E-state index >= 15 is 0 Å². The summed E-state index contributed by atoms with van der Waals surface area (Å²) in [6.45, 7) is 0. The van der Waals surface area contributed by atoms with E-state index in [9.17, 15) is 0 Å². The molecule has 0 aliphatic heterocycles. The van der Waals surface area contributed by atoms with Gasteiger partial charge in [0.15, 0.2) is 0 Å². The van der Waals surface area contributed by atoms with E-state index in [2.05, 4.69) is 0 Å². The van der Waals surface area contributed by atoms with Crippen LogP contribution in [0.3, 0.4) is 0 Å². The van der Waals surface area contributed by atoms with Crippen LogP contribution in [0.4, 0.5) is 0 Å². The first-order valence-electron chi connectivity index (χ1n) is 2.09. The number of nitrogens with zero attached hydrogens (tertiary/aromatic N) is 3. The largest absolute Gasteiger partial charge is 3.00 e. The zero-order valence-electron chi connectivity index (χ0n) is 6.91. The third-order valence-corrected chi connectivity index (χ3v) is 0. The Balaban J connectivity index is -0.0000000298. The fraction of sp³-hybridized carbons (Fsp3) is 1.00. The van der Waals surface area contributed by atoms with Crippen LogP contribution >= 0.6 is 0 Å². The van der Waals surface area contributed by atoms with Gasteiger partial charge in [-0.3, -0.25) is 0 Å². The van der Waals surface area contributed by atoms with E-state index in [0.717, 1.165) is 7.11 Å². The molecule has 0 aliphatic rings. The Labute approximate surface area is 100 Å². The summed E-state index contributed by atoms with van der Waals surface area (Å²) in [7, 11) is 1.00. The molecule has 0 aromatic heterocycles. The number of rotatable bonds is 0. The Hall–Kier alpha value is -1.56. The molecule has 1 N–H and O–H groups in total. The van der Waals surface area contributed by atoms with Crippen LogP contribution in [-0.4, -0.2) is 53.7 Å². The first-order valence-corrected chi connectivity index (χ1v) is 2.09. The summed E-state index contributed by atoms with van der Waals surface area (Å²) in [5.41, 5.74) is 0. The van der Waals surface area contributed by atoms with Gasteiger partial charge in [0.25, 0.3) is 0 Å². The van der Waals surface area contributed by atoms with E-state index < -0.39 is 15.3 Å². The minimum Gasteiger partial charge on any atom is -0.400 e. The molecule has 0 saturated carbocycles. The summed E-state index contributed by atoms with van der Waals surface area (Å²) < 4.78 is 0. The number of hydrogen-bond acceptors (Lipinski definition) is 10. The fourth-order valence-corrected chi connectivity index (χ4v) is 0. The first kappa shape index (κ1) is 29.2. The van der Waals surface area contributed by atoms with Gasteiger partial charge in [0.2, 0.25) is 0 Å². The maximum Gasteiger partial charge on any atom is 3.00 e. The van der Waals surface area contributed by atoms with Crippen molar-refractivity contribution in [3.05, 3.63) is 46.0 Å². The van der Waals surface area contributed by atoms with Gasteiger partial charge in [-0.2, -0.15) is 0 Å². The number of hydrogen-bond donors (Lipinski definition) is 1. The Morgan fingerprint density at radius 2 is 0.667 bits per heavy atom. The number of aliphatic hydroxyl groups is 1. The molecule has 0 unspecified atom stereocenters. The third-order valence-electron chi connectivity index (χ3n) is 0. The standard InChI is InChI=1S/CH4O.Bi.3NO3/c1-2;;3*2-1(3)4/h2H,1H3;;;;/q;+3;3*-1. The Morgan fingerprint density at radius 3 is 0.667 bits per heavy atom. The van der Waals surface area contributed by atoms with Crippen LogP contribution in [0.25, 0.3) is 0 Å². The average Bonchev–Trinajstić information content (AvgIpc) is 1.86. The van der Waals surface area contributed by atoms with E-state index in [0.29, 0.717) is 0 Å². The number of aliphatic hydroxyl groups excluding tert-OH is 1. The van der Waals surface area contributed by atoms with Crippen LogP contribution in [0, 0.1) is 46.0 Å². The van der Waals surface area contributed by atoms with Gasteiger partial charge in [-0.15, -0.1) is 0 Å². The third kappa shape index (κ3) is 560. The monoisotopic (exact) mass is 427 g/mol. The Bertz CT molecular complexity index is 118. The minimum absolute atomic E-state index is 0. The van der Waals surface area contributed by atoms with Gasteiger partial charge >= 0.3 is 26.2 Å². The van der Waals surface area contributed by atoms with Crippen molar-refractivity contribution >= 4 is 26.2 Å². The molecule has 13 nitrogen and oxygen atoms in total. The predicted molar refractivity (Wildman–Crippen MR) is 45.0 cm³/mol. The minimum atomic E-state index is -1.75. The van der Waals surface area contributed by atoms with E-state index in [4.69, 9.17) is 51.1 Å². The normalized spacial score (nSPS) is 5.20. The molecule has 14 heteroatoms. The van der Waals surface area contributed by atoms with Crippen molar-refractivity contribution < 1.29 is 20.4 Å². The molecular weight excluding hydrogens is 423 g/mol. The summed E-state index contributed by atoms with van der Waals surface area (Å²) in [6.07, 6.45) is 0. The molecule has 15 heavy (non-hydrogen) atoms. The molecule has 0 spiro atoms. The van der Waals surface area contributed by atoms with Crippen molar-refractivity contribution in [1.82, 2.24) is 0 Å². The molecule has 2 radical (unpaired) electrons. The maximum absolute atomic E-state index is 8.25. The molecule has 0 saturated heterocycles. The van der Waals surface area contributed by atoms with Gasteiger partial charge in [-0.25, -0.2) is 0 Å². The van der Waals surface area contributed by atoms with E-state index in [1.165, 1.54) is 0 Å². The van der Waals surface area contributed by atoms with Gasteiger partial charge in [0.1, 0.15) is 0 Å². The van der Waals surface area contributed by atoms with Gasteiger partial charge in [-0.1, -0.05) is 0 Å². The first-order chi connectivity index (χ1) is 6.20. The van der Waals surface area contributed by atoms with Gasteiger partial charge in [0.05, 0.1) is 15.3 Å². The van der Waals surface area contributed by atoms with Crippen molar-refractivity contribution in [2.24, 2.45) is 0 Å². The summed E-state index contributed by atoms with van der Waals surface area (Å²) in [5, 5.41) is 51.2. The molecule has 0 rings (SSSR count). The van der Waals surface area contributed by atoms with E-state index in [-0.39, 0.29) is 26.2 Å². The summed E-state index contributed by atoms with van der Waals surface area (Å²) in [5.74, 6) is 0. The SMILES string of the molecule is CO.O=[N+]([O-])[O-].O=[N+]([O-])[O-].O=[N+]([O-])[O-].[Bi+3]. The van der Waals surface area contributed by atoms with E-state index in [1.54, 1.807) is 0 Å². The fourth-order valence-electron chi connectivity index (χ4n) is 0. The van der Waals surface area contributed by atoms with Crippen molar-refractivity contribution in [3.8, 4) is 0 Å². The van der Waals surface area contributed by atoms with Crippen molar-refractivity contribution in [2.75, 3.05) is 7.11 Å². The summed E-state index contributed by atoms with van der Waals surface area (Å²) in [4.78, 5) is 24.8. The Morgan fingerprint density at radius 1 is 0.667 bits per heavy atom. The van der Waals surface area contributed by atoms with Gasteiger partial charge in [0, 0.05) is 7.11 Å². The Kier molecular flexibility index (Phi) is 57.2. The van der Waals surface area contributed by atoms with Crippen molar-refractivity contribution in [3.63, 3.8) is 0 Å². The smallest absolute Gasteiger partial charge is 0.400 e. The summed E-state index contributed by atoms with van der Waals surface area (Å²) in [6, 6.07) is 0. The zero-order valence-corrected chi connectivity index (χ0v) is 10.4. The van der Waals surface area contributed by atoms with Gasteiger partial charge < -0.3 is 51.1 Å². The maximum atomic E-state index is 8.25.